The van der Waals surface area contributed by atoms with Gasteiger partial charge in [0.25, 0.3) is 0 Å². The van der Waals surface area contributed by atoms with E-state index in [-0.39, 0.29) is 29.6 Å². The number of rotatable bonds is 16. The van der Waals surface area contributed by atoms with Crippen molar-refractivity contribution in [1.29, 1.82) is 0 Å². The summed E-state index contributed by atoms with van der Waals surface area (Å²) in [6, 6.07) is 1.86. The highest BCUT2D eigenvalue weighted by molar-refractivity contribution is 6.88. The van der Waals surface area contributed by atoms with Gasteiger partial charge in [-0.05, 0) is 73.9 Å². The molecular weight excluding hydrogens is 384 g/mol. The first-order valence-corrected chi connectivity index (χ1v) is 15.9. The molecule has 28 heavy (non-hydrogen) atoms. The molecule has 0 saturated carbocycles. The van der Waals surface area contributed by atoms with Gasteiger partial charge in [0, 0.05) is 29.6 Å². The second-order valence-corrected chi connectivity index (χ2v) is 16.6. The van der Waals surface area contributed by atoms with E-state index in [0.29, 0.717) is 0 Å². The Kier molecular flexibility index (Phi) is 13.7. The van der Waals surface area contributed by atoms with Gasteiger partial charge in [0.05, 0.1) is 0 Å². The van der Waals surface area contributed by atoms with Crippen molar-refractivity contribution in [3.8, 4) is 0 Å². The van der Waals surface area contributed by atoms with E-state index in [1.165, 1.54) is 19.3 Å². The van der Waals surface area contributed by atoms with Crippen molar-refractivity contribution < 1.29 is 17.7 Å². The second-order valence-electron chi connectivity index (χ2n) is 9.05. The minimum absolute atomic E-state index is 0.140. The maximum Gasteiger partial charge on any atom is 0.343 e. The summed E-state index contributed by atoms with van der Waals surface area (Å²) in [5, 5.41) is 0.260. The van der Waals surface area contributed by atoms with Crippen LogP contribution in [0.2, 0.25) is 17.3 Å². The summed E-state index contributed by atoms with van der Waals surface area (Å²) < 4.78 is 27.0. The predicted molar refractivity (Wildman–Crippen MR) is 125 cm³/mol. The minimum Gasteiger partial charge on any atom is -0.392 e. The summed E-state index contributed by atoms with van der Waals surface area (Å²) >= 11 is 0. The summed E-state index contributed by atoms with van der Waals surface area (Å²) in [7, 11) is -5.11. The van der Waals surface area contributed by atoms with Gasteiger partial charge in [-0.3, -0.25) is 0 Å². The van der Waals surface area contributed by atoms with E-state index in [1.807, 2.05) is 0 Å². The van der Waals surface area contributed by atoms with Crippen molar-refractivity contribution in [2.24, 2.45) is 0 Å². The van der Waals surface area contributed by atoms with Crippen LogP contribution in [0.25, 0.3) is 0 Å². The first-order chi connectivity index (χ1) is 13.0. The average molecular weight is 435 g/mol. The number of hydrogen-bond donors (Lipinski definition) is 0. The average Bonchev–Trinajstić information content (AvgIpc) is 2.55. The third-order valence-electron chi connectivity index (χ3n) is 4.88. The van der Waals surface area contributed by atoms with Crippen molar-refractivity contribution in [1.82, 2.24) is 0 Å². The zero-order valence-corrected chi connectivity index (χ0v) is 22.8. The summed E-state index contributed by atoms with van der Waals surface area (Å²) in [5.74, 6) is 0. The summed E-state index contributed by atoms with van der Waals surface area (Å²) in [6.45, 7) is 23.8. The molecule has 0 spiro atoms. The summed E-state index contributed by atoms with van der Waals surface area (Å²) in [6.07, 6.45) is 5.25. The number of unbranched alkanes of at least 4 members (excludes halogenated alkanes) is 2. The molecule has 0 aliphatic carbocycles. The van der Waals surface area contributed by atoms with Gasteiger partial charge in [0.2, 0.25) is 0 Å². The van der Waals surface area contributed by atoms with E-state index < -0.39 is 17.1 Å². The van der Waals surface area contributed by atoms with E-state index in [2.05, 4.69) is 76.2 Å². The zero-order chi connectivity index (χ0) is 22.0. The largest absolute Gasteiger partial charge is 0.392 e. The maximum absolute atomic E-state index is 6.75. The molecule has 0 heterocycles. The quantitative estimate of drug-likeness (QED) is 0.192. The Morgan fingerprint density at radius 2 is 0.857 bits per heavy atom. The molecule has 0 aromatic carbocycles. The van der Waals surface area contributed by atoms with E-state index in [9.17, 15) is 0 Å². The molecule has 0 radical (unpaired) electrons. The van der Waals surface area contributed by atoms with Crippen molar-refractivity contribution in [3.63, 3.8) is 0 Å². The minimum atomic E-state index is -2.55. The summed E-state index contributed by atoms with van der Waals surface area (Å²) in [5.41, 5.74) is 0. The Hall–Kier alpha value is 0.274. The van der Waals surface area contributed by atoms with Crippen molar-refractivity contribution in [3.05, 3.63) is 0 Å². The third-order valence-corrected chi connectivity index (χ3v) is 15.7. The van der Waals surface area contributed by atoms with Crippen LogP contribution in [0.5, 0.6) is 0 Å². The number of hydrogen-bond acceptors (Lipinski definition) is 4. The molecule has 0 N–H and O–H groups in total. The molecule has 0 rings (SSSR count). The van der Waals surface area contributed by atoms with Crippen LogP contribution in [0, 0.1) is 0 Å². The molecule has 170 valence electrons. The van der Waals surface area contributed by atoms with E-state index in [4.69, 9.17) is 17.7 Å². The molecule has 0 amide bonds. The van der Waals surface area contributed by atoms with Crippen molar-refractivity contribution in [2.45, 2.75) is 144 Å². The molecule has 0 aromatic heterocycles. The van der Waals surface area contributed by atoms with Crippen molar-refractivity contribution >= 4 is 17.1 Å². The topological polar surface area (TPSA) is 36.9 Å². The lowest BCUT2D eigenvalue weighted by Gasteiger charge is -2.48. The fourth-order valence-electron chi connectivity index (χ4n) is 4.18. The van der Waals surface area contributed by atoms with Crippen LogP contribution in [0.15, 0.2) is 0 Å². The molecule has 0 aliphatic heterocycles. The summed E-state index contributed by atoms with van der Waals surface area (Å²) in [4.78, 5) is 0. The van der Waals surface area contributed by atoms with Gasteiger partial charge in [-0.2, -0.15) is 0 Å². The van der Waals surface area contributed by atoms with Crippen LogP contribution in [0.1, 0.15) is 102 Å². The van der Waals surface area contributed by atoms with E-state index in [0.717, 1.165) is 18.5 Å². The standard InChI is InChI=1S/C22H50O4Si2/c1-12-15-16-17-22(27(13-2,23-18(4)5)24-19(6)7)28(14-3,25-20(8)9)26-21(10)11/h18-22H,12-17H2,1-11H3. The Morgan fingerprint density at radius 1 is 0.536 bits per heavy atom. The van der Waals surface area contributed by atoms with Gasteiger partial charge in [-0.25, -0.2) is 0 Å². The molecule has 0 saturated heterocycles. The van der Waals surface area contributed by atoms with Gasteiger partial charge in [-0.15, -0.1) is 0 Å². The van der Waals surface area contributed by atoms with E-state index >= 15 is 0 Å². The fourth-order valence-corrected chi connectivity index (χ4v) is 15.8. The lowest BCUT2D eigenvalue weighted by Crippen LogP contribution is -2.63. The van der Waals surface area contributed by atoms with Gasteiger partial charge in [-0.1, -0.05) is 40.0 Å². The maximum atomic E-state index is 6.75. The van der Waals surface area contributed by atoms with Gasteiger partial charge >= 0.3 is 17.1 Å². The lowest BCUT2D eigenvalue weighted by molar-refractivity contribution is 0.0748. The molecule has 0 atom stereocenters. The highest BCUT2D eigenvalue weighted by Gasteiger charge is 2.60. The lowest BCUT2D eigenvalue weighted by atomic mass is 10.2. The zero-order valence-electron chi connectivity index (χ0n) is 20.8. The smallest absolute Gasteiger partial charge is 0.343 e. The predicted octanol–water partition coefficient (Wildman–Crippen LogP) is 7.10. The van der Waals surface area contributed by atoms with Crippen LogP contribution >= 0.6 is 0 Å². The highest BCUT2D eigenvalue weighted by atomic mass is 28.4. The van der Waals surface area contributed by atoms with Crippen LogP contribution in [0.3, 0.4) is 0 Å². The van der Waals surface area contributed by atoms with Crippen LogP contribution in [-0.2, 0) is 17.7 Å². The molecule has 0 fully saturated rings. The molecule has 0 bridgehead atoms. The van der Waals surface area contributed by atoms with E-state index in [1.54, 1.807) is 0 Å². The monoisotopic (exact) mass is 434 g/mol. The second kappa shape index (κ2) is 13.6. The first kappa shape index (κ1) is 28.3. The molecule has 6 heteroatoms. The Bertz CT molecular complexity index is 348. The van der Waals surface area contributed by atoms with Crippen LogP contribution < -0.4 is 0 Å². The Labute approximate surface area is 178 Å². The van der Waals surface area contributed by atoms with Gasteiger partial charge in [0.1, 0.15) is 0 Å². The first-order valence-electron chi connectivity index (χ1n) is 11.7. The highest BCUT2D eigenvalue weighted by Crippen LogP contribution is 2.45. The SMILES string of the molecule is CCCCCC([Si](CC)(OC(C)C)OC(C)C)[Si](CC)(OC(C)C)OC(C)C. The fraction of sp³-hybridized carbons (Fsp3) is 1.00. The van der Waals surface area contributed by atoms with Crippen LogP contribution in [-0.4, -0.2) is 41.5 Å². The third kappa shape index (κ3) is 8.96. The molecular formula is C22H50O4Si2. The van der Waals surface area contributed by atoms with Gasteiger partial charge in [0.15, 0.2) is 0 Å². The molecule has 0 unspecified atom stereocenters. The Balaban J connectivity index is 6.40. The van der Waals surface area contributed by atoms with Crippen LogP contribution in [0.4, 0.5) is 0 Å². The molecule has 0 aliphatic rings. The molecule has 4 nitrogen and oxygen atoms in total. The van der Waals surface area contributed by atoms with Gasteiger partial charge < -0.3 is 17.7 Å². The molecule has 0 aromatic rings. The Morgan fingerprint density at radius 3 is 1.07 bits per heavy atom. The normalized spacial score (nSPS) is 13.7. The van der Waals surface area contributed by atoms with Crippen molar-refractivity contribution in [2.75, 3.05) is 0 Å².